The fraction of sp³-hybridized carbons (Fsp3) is 0.385. The third-order valence-corrected chi connectivity index (χ3v) is 4.98. The van der Waals surface area contributed by atoms with Crippen molar-refractivity contribution >= 4 is 15.4 Å². The van der Waals surface area contributed by atoms with E-state index in [0.29, 0.717) is 30.9 Å². The standard InChI is InChI=1S/C13H15NO4S/c15-11-2-1-3-12-13(11)10(9-19(12,16)17)8-14-4-6-18-7-5-14/h1-3,9,15H,4-8H2. The van der Waals surface area contributed by atoms with Crippen LogP contribution in [0.3, 0.4) is 0 Å². The van der Waals surface area contributed by atoms with Gasteiger partial charge in [0.1, 0.15) is 5.75 Å². The first-order chi connectivity index (χ1) is 9.08. The van der Waals surface area contributed by atoms with Crippen LogP contribution in [-0.2, 0) is 14.6 Å². The van der Waals surface area contributed by atoms with Gasteiger partial charge in [0.15, 0.2) is 0 Å². The molecule has 1 aromatic carbocycles. The Bertz CT molecular complexity index is 630. The fourth-order valence-electron chi connectivity index (χ4n) is 2.51. The van der Waals surface area contributed by atoms with E-state index in [0.717, 1.165) is 13.1 Å². The maximum atomic E-state index is 12.0. The Balaban J connectivity index is 1.95. The maximum absolute atomic E-state index is 12.0. The van der Waals surface area contributed by atoms with Gasteiger partial charge in [-0.15, -0.1) is 0 Å². The Labute approximate surface area is 112 Å². The highest BCUT2D eigenvalue weighted by Crippen LogP contribution is 2.39. The molecule has 0 amide bonds. The van der Waals surface area contributed by atoms with Crippen molar-refractivity contribution in [2.45, 2.75) is 4.90 Å². The van der Waals surface area contributed by atoms with Crippen LogP contribution in [0.5, 0.6) is 5.75 Å². The minimum Gasteiger partial charge on any atom is -0.507 e. The Morgan fingerprint density at radius 1 is 1.26 bits per heavy atom. The number of rotatable bonds is 2. The lowest BCUT2D eigenvalue weighted by Gasteiger charge is -2.27. The van der Waals surface area contributed by atoms with Crippen LogP contribution in [0, 0.1) is 0 Å². The van der Waals surface area contributed by atoms with Crippen molar-refractivity contribution in [1.29, 1.82) is 0 Å². The molecular weight excluding hydrogens is 266 g/mol. The summed E-state index contributed by atoms with van der Waals surface area (Å²) in [5.74, 6) is 0.0260. The number of phenols is 1. The molecule has 19 heavy (non-hydrogen) atoms. The van der Waals surface area contributed by atoms with Gasteiger partial charge in [-0.1, -0.05) is 6.07 Å². The first kappa shape index (κ1) is 12.7. The normalized spacial score (nSPS) is 22.0. The molecule has 0 saturated carbocycles. The Kier molecular flexibility index (Phi) is 3.08. The van der Waals surface area contributed by atoms with Gasteiger partial charge in [0.25, 0.3) is 0 Å². The van der Waals surface area contributed by atoms with Gasteiger partial charge >= 0.3 is 0 Å². The number of ether oxygens (including phenoxy) is 1. The minimum absolute atomic E-state index is 0.0260. The number of hydrogen-bond donors (Lipinski definition) is 1. The smallest absolute Gasteiger partial charge is 0.200 e. The maximum Gasteiger partial charge on any atom is 0.200 e. The van der Waals surface area contributed by atoms with Gasteiger partial charge in [0, 0.05) is 30.6 Å². The molecule has 0 unspecified atom stereocenters. The predicted molar refractivity (Wildman–Crippen MR) is 70.5 cm³/mol. The molecule has 6 heteroatoms. The molecule has 0 aromatic heterocycles. The summed E-state index contributed by atoms with van der Waals surface area (Å²) in [7, 11) is -3.41. The van der Waals surface area contributed by atoms with Crippen molar-refractivity contribution in [3.8, 4) is 5.75 Å². The van der Waals surface area contributed by atoms with Crippen molar-refractivity contribution in [2.75, 3.05) is 32.8 Å². The summed E-state index contributed by atoms with van der Waals surface area (Å²) in [6, 6.07) is 4.61. The van der Waals surface area contributed by atoms with Crippen LogP contribution in [-0.4, -0.2) is 51.3 Å². The number of morpholine rings is 1. The largest absolute Gasteiger partial charge is 0.507 e. The van der Waals surface area contributed by atoms with Crippen LogP contribution < -0.4 is 0 Å². The molecule has 3 rings (SSSR count). The van der Waals surface area contributed by atoms with E-state index in [-0.39, 0.29) is 10.6 Å². The summed E-state index contributed by atoms with van der Waals surface area (Å²) < 4.78 is 29.3. The van der Waals surface area contributed by atoms with Gasteiger partial charge in [0.2, 0.25) is 9.84 Å². The molecule has 1 saturated heterocycles. The van der Waals surface area contributed by atoms with E-state index >= 15 is 0 Å². The lowest BCUT2D eigenvalue weighted by atomic mass is 10.1. The first-order valence-electron chi connectivity index (χ1n) is 6.16. The van der Waals surface area contributed by atoms with E-state index in [1.54, 1.807) is 6.07 Å². The van der Waals surface area contributed by atoms with Crippen LogP contribution >= 0.6 is 0 Å². The second-order valence-electron chi connectivity index (χ2n) is 4.73. The van der Waals surface area contributed by atoms with Gasteiger partial charge in [-0.25, -0.2) is 8.42 Å². The van der Waals surface area contributed by atoms with E-state index in [9.17, 15) is 13.5 Å². The third kappa shape index (κ3) is 2.27. The lowest BCUT2D eigenvalue weighted by molar-refractivity contribution is 0.0444. The van der Waals surface area contributed by atoms with Gasteiger partial charge in [-0.3, -0.25) is 4.90 Å². The molecule has 5 nitrogen and oxygen atoms in total. The molecular formula is C13H15NO4S. The van der Waals surface area contributed by atoms with E-state index in [4.69, 9.17) is 4.74 Å². The first-order valence-corrected chi connectivity index (χ1v) is 7.71. The summed E-state index contributed by atoms with van der Waals surface area (Å²) in [6.45, 7) is 3.40. The molecule has 0 radical (unpaired) electrons. The number of benzene rings is 1. The van der Waals surface area contributed by atoms with Crippen molar-refractivity contribution < 1.29 is 18.3 Å². The zero-order valence-corrected chi connectivity index (χ0v) is 11.2. The van der Waals surface area contributed by atoms with Crippen molar-refractivity contribution in [3.63, 3.8) is 0 Å². The van der Waals surface area contributed by atoms with Crippen LogP contribution in [0.15, 0.2) is 28.5 Å². The molecule has 2 aliphatic heterocycles. The molecule has 102 valence electrons. The predicted octanol–water partition coefficient (Wildman–Crippen LogP) is 0.853. The zero-order valence-electron chi connectivity index (χ0n) is 10.4. The van der Waals surface area contributed by atoms with Gasteiger partial charge in [-0.2, -0.15) is 0 Å². The van der Waals surface area contributed by atoms with E-state index in [2.05, 4.69) is 4.90 Å². The summed E-state index contributed by atoms with van der Waals surface area (Å²) in [5.41, 5.74) is 1.11. The summed E-state index contributed by atoms with van der Waals surface area (Å²) >= 11 is 0. The van der Waals surface area contributed by atoms with E-state index in [1.165, 1.54) is 17.5 Å². The summed E-state index contributed by atoms with van der Waals surface area (Å²) in [4.78, 5) is 2.34. The highest BCUT2D eigenvalue weighted by molar-refractivity contribution is 7.95. The zero-order chi connectivity index (χ0) is 13.5. The molecule has 2 heterocycles. The fourth-order valence-corrected chi connectivity index (χ4v) is 3.99. The molecule has 1 N–H and O–H groups in total. The van der Waals surface area contributed by atoms with E-state index < -0.39 is 9.84 Å². The average Bonchev–Trinajstić information content (AvgIpc) is 2.63. The van der Waals surface area contributed by atoms with Gasteiger partial charge in [0.05, 0.1) is 18.1 Å². The van der Waals surface area contributed by atoms with Crippen molar-refractivity contribution in [1.82, 2.24) is 4.90 Å². The van der Waals surface area contributed by atoms with Crippen LogP contribution in [0.2, 0.25) is 0 Å². The number of nitrogens with zero attached hydrogens (tertiary/aromatic N) is 1. The Morgan fingerprint density at radius 3 is 2.74 bits per heavy atom. The number of aromatic hydroxyl groups is 1. The second kappa shape index (κ2) is 4.63. The lowest BCUT2D eigenvalue weighted by Crippen LogP contribution is -2.37. The Hall–Kier alpha value is -1.37. The monoisotopic (exact) mass is 281 g/mol. The number of phenolic OH excluding ortho intramolecular Hbond substituents is 1. The Morgan fingerprint density at radius 2 is 2.00 bits per heavy atom. The minimum atomic E-state index is -3.41. The molecule has 0 aliphatic carbocycles. The molecule has 0 atom stereocenters. The molecule has 1 fully saturated rings. The SMILES string of the molecule is O=S1(=O)C=C(CN2CCOCC2)c2c(O)cccc21. The quantitative estimate of drug-likeness (QED) is 0.870. The van der Waals surface area contributed by atoms with Crippen molar-refractivity contribution in [3.05, 3.63) is 29.2 Å². The van der Waals surface area contributed by atoms with Crippen molar-refractivity contribution in [2.24, 2.45) is 0 Å². The highest BCUT2D eigenvalue weighted by Gasteiger charge is 2.30. The van der Waals surface area contributed by atoms with Crippen LogP contribution in [0.1, 0.15) is 5.56 Å². The van der Waals surface area contributed by atoms with Crippen LogP contribution in [0.4, 0.5) is 0 Å². The molecule has 1 aromatic rings. The number of hydrogen-bond acceptors (Lipinski definition) is 5. The summed E-state index contributed by atoms with van der Waals surface area (Å²) in [6.07, 6.45) is 0. The number of fused-ring (bicyclic) bond motifs is 1. The number of sulfone groups is 1. The van der Waals surface area contributed by atoms with E-state index in [1.807, 2.05) is 0 Å². The summed E-state index contributed by atoms with van der Waals surface area (Å²) in [5, 5.41) is 11.2. The van der Waals surface area contributed by atoms with Crippen LogP contribution in [0.25, 0.3) is 5.57 Å². The molecule has 0 bridgehead atoms. The average molecular weight is 281 g/mol. The van der Waals surface area contributed by atoms with Gasteiger partial charge in [-0.05, 0) is 17.7 Å². The second-order valence-corrected chi connectivity index (χ2v) is 6.49. The topological polar surface area (TPSA) is 66.8 Å². The third-order valence-electron chi connectivity index (χ3n) is 3.43. The van der Waals surface area contributed by atoms with Gasteiger partial charge < -0.3 is 9.84 Å². The molecule has 2 aliphatic rings. The molecule has 0 spiro atoms. The highest BCUT2D eigenvalue weighted by atomic mass is 32.2.